The molecule has 0 saturated carbocycles. The lowest BCUT2D eigenvalue weighted by Crippen LogP contribution is -2.57. The van der Waals surface area contributed by atoms with Gasteiger partial charge in [-0.05, 0) is 97.7 Å². The first-order chi connectivity index (χ1) is 30.1. The molecule has 296 valence electrons. The van der Waals surface area contributed by atoms with Gasteiger partial charge in [-0.25, -0.2) is 0 Å². The number of hydrogen-bond donors (Lipinski definition) is 0. The second-order valence-corrected chi connectivity index (χ2v) is 18.9. The van der Waals surface area contributed by atoms with Crippen molar-refractivity contribution in [2.45, 2.75) is 45.4 Å². The van der Waals surface area contributed by atoms with Gasteiger partial charge in [-0.3, -0.25) is 0 Å². The van der Waals surface area contributed by atoms with Crippen molar-refractivity contribution in [3.8, 4) is 67.5 Å². The number of anilines is 3. The van der Waals surface area contributed by atoms with E-state index in [9.17, 15) is 0 Å². The van der Waals surface area contributed by atoms with Crippen molar-refractivity contribution < 1.29 is 9.47 Å². The van der Waals surface area contributed by atoms with Crippen LogP contribution in [0.3, 0.4) is 0 Å². The van der Waals surface area contributed by atoms with Crippen molar-refractivity contribution in [1.29, 1.82) is 0 Å². The second kappa shape index (κ2) is 12.4. The van der Waals surface area contributed by atoms with Gasteiger partial charge in [0, 0.05) is 56.1 Å². The highest BCUT2D eigenvalue weighted by molar-refractivity contribution is 6.89. The van der Waals surface area contributed by atoms with Gasteiger partial charge in [0.1, 0.15) is 0 Å². The van der Waals surface area contributed by atoms with E-state index in [-0.39, 0.29) is 17.7 Å². The maximum Gasteiger partial charge on any atom is 0.333 e. The van der Waals surface area contributed by atoms with Crippen LogP contribution in [0.4, 0.5) is 17.1 Å². The maximum absolute atomic E-state index is 6.79. The third-order valence-electron chi connectivity index (χ3n) is 13.9. The van der Waals surface area contributed by atoms with E-state index in [1.165, 1.54) is 83.2 Å². The molecule has 0 fully saturated rings. The van der Waals surface area contributed by atoms with E-state index in [0.29, 0.717) is 11.5 Å². The summed E-state index contributed by atoms with van der Waals surface area (Å²) >= 11 is 0. The molecule has 62 heavy (non-hydrogen) atoms. The maximum atomic E-state index is 6.79. The minimum absolute atomic E-state index is 0.0503. The van der Waals surface area contributed by atoms with Gasteiger partial charge in [-0.1, -0.05) is 156 Å². The molecule has 4 nitrogen and oxygen atoms in total. The molecule has 0 amide bonds. The zero-order valence-corrected chi connectivity index (χ0v) is 35.5. The van der Waals surface area contributed by atoms with Crippen molar-refractivity contribution in [3.63, 3.8) is 0 Å². The van der Waals surface area contributed by atoms with Gasteiger partial charge in [0.15, 0.2) is 23.0 Å². The summed E-state index contributed by atoms with van der Waals surface area (Å²) in [5.74, 6) is 2.86. The molecule has 4 aliphatic rings. The lowest BCUT2D eigenvalue weighted by Gasteiger charge is -2.43. The molecule has 0 radical (unpaired) electrons. The van der Waals surface area contributed by atoms with Crippen LogP contribution in [0, 0.1) is 0 Å². The molecule has 4 heterocycles. The molecule has 9 aromatic rings. The summed E-state index contributed by atoms with van der Waals surface area (Å²) < 4.78 is 16.3. The van der Waals surface area contributed by atoms with Crippen LogP contribution in [0.25, 0.3) is 55.4 Å². The fourth-order valence-electron chi connectivity index (χ4n) is 11.1. The van der Waals surface area contributed by atoms with E-state index in [1.54, 1.807) is 0 Å². The topological polar surface area (TPSA) is 26.6 Å². The first kappa shape index (κ1) is 35.5. The fourth-order valence-corrected chi connectivity index (χ4v) is 11.1. The summed E-state index contributed by atoms with van der Waals surface area (Å²) in [6, 6.07) is 62.2. The number of nitrogens with zero attached hydrogens (tertiary/aromatic N) is 2. The zero-order chi connectivity index (χ0) is 41.6. The van der Waals surface area contributed by atoms with Crippen LogP contribution in [0.5, 0.6) is 23.0 Å². The number of rotatable bonds is 3. The SMILES string of the molecule is CC(C)(C)c1ccc(N2c3cc4c(cc3B3c5c(cc(-c6ccccc6)cc52)-c2cccc5c6c(n3c25)C(C)(C)c2ccccc2-6)Oc2ccccc2O4)c(-c2ccccc2)c1. The summed E-state index contributed by atoms with van der Waals surface area (Å²) in [5, 5.41) is 1.30. The van der Waals surface area contributed by atoms with Crippen molar-refractivity contribution in [2.24, 2.45) is 0 Å². The lowest BCUT2D eigenvalue weighted by atomic mass is 9.44. The molecule has 0 unspecified atom stereocenters. The van der Waals surface area contributed by atoms with Crippen LogP contribution in [0.2, 0.25) is 0 Å². The molecular weight excluding hydrogens is 755 g/mol. The molecule has 0 bridgehead atoms. The molecular formula is C57H43BN2O2. The first-order valence-corrected chi connectivity index (χ1v) is 21.8. The minimum atomic E-state index is -0.253. The largest absolute Gasteiger partial charge is 0.450 e. The Morgan fingerprint density at radius 2 is 1.16 bits per heavy atom. The molecule has 1 aromatic heterocycles. The van der Waals surface area contributed by atoms with E-state index in [2.05, 4.69) is 190 Å². The van der Waals surface area contributed by atoms with Gasteiger partial charge in [0.25, 0.3) is 0 Å². The van der Waals surface area contributed by atoms with Crippen molar-refractivity contribution in [3.05, 3.63) is 187 Å². The van der Waals surface area contributed by atoms with Gasteiger partial charge in [-0.15, -0.1) is 0 Å². The molecule has 0 N–H and O–H groups in total. The fraction of sp³-hybridized carbons (Fsp3) is 0.123. The van der Waals surface area contributed by atoms with Gasteiger partial charge in [-0.2, -0.15) is 0 Å². The van der Waals surface area contributed by atoms with Crippen molar-refractivity contribution in [1.82, 2.24) is 4.48 Å². The van der Waals surface area contributed by atoms with E-state index in [0.717, 1.165) is 28.6 Å². The summed E-state index contributed by atoms with van der Waals surface area (Å²) in [4.78, 5) is 2.53. The standard InChI is InChI=1S/C57H43BN2O2/c1-56(2,3)37-27-28-45(41(31-37)35-19-10-7-11-20-35)59-46-33-51-50(61-48-25-14-15-26-49(48)62-51)32-44(46)58-53-42(29-36(30-47(53)59)34-17-8-6-9-18-34)38-22-16-23-40-52-39-21-12-13-24-43(39)57(4,5)55(52)60(58)54(38)40/h6-33H,1-5H3. The smallest absolute Gasteiger partial charge is 0.333 e. The number of benzene rings is 8. The first-order valence-electron chi connectivity index (χ1n) is 21.8. The Morgan fingerprint density at radius 3 is 1.90 bits per heavy atom. The predicted octanol–water partition coefficient (Wildman–Crippen LogP) is 13.9. The summed E-state index contributed by atoms with van der Waals surface area (Å²) in [5.41, 5.74) is 20.7. The van der Waals surface area contributed by atoms with Crippen LogP contribution in [0.1, 0.15) is 51.4 Å². The summed E-state index contributed by atoms with van der Waals surface area (Å²) in [7, 11) is 0. The summed E-state index contributed by atoms with van der Waals surface area (Å²) in [6.07, 6.45) is 0. The number of ether oxygens (including phenoxy) is 2. The van der Waals surface area contributed by atoms with Crippen LogP contribution in [-0.4, -0.2) is 11.3 Å². The van der Waals surface area contributed by atoms with E-state index in [1.807, 2.05) is 24.3 Å². The number of fused-ring (bicyclic) bond motifs is 11. The van der Waals surface area contributed by atoms with Crippen LogP contribution in [-0.2, 0) is 10.8 Å². The highest BCUT2D eigenvalue weighted by atomic mass is 16.6. The Balaban J connectivity index is 1.19. The van der Waals surface area contributed by atoms with E-state index in [4.69, 9.17) is 9.47 Å². The van der Waals surface area contributed by atoms with E-state index >= 15 is 0 Å². The summed E-state index contributed by atoms with van der Waals surface area (Å²) in [6.45, 7) is 11.6. The van der Waals surface area contributed by atoms with Gasteiger partial charge < -0.3 is 18.9 Å². The predicted molar refractivity (Wildman–Crippen MR) is 256 cm³/mol. The molecule has 5 heteroatoms. The van der Waals surface area contributed by atoms with Crippen LogP contribution < -0.4 is 25.3 Å². The third-order valence-corrected chi connectivity index (χ3v) is 13.9. The number of aromatic nitrogens is 1. The average molecular weight is 799 g/mol. The number of hydrogen-bond acceptors (Lipinski definition) is 3. The highest BCUT2D eigenvalue weighted by Crippen LogP contribution is 2.57. The quantitative estimate of drug-likeness (QED) is 0.167. The highest BCUT2D eigenvalue weighted by Gasteiger charge is 2.49. The van der Waals surface area contributed by atoms with Crippen LogP contribution in [0.15, 0.2) is 170 Å². The third kappa shape index (κ3) is 4.79. The van der Waals surface area contributed by atoms with Gasteiger partial charge in [0.2, 0.25) is 0 Å². The van der Waals surface area contributed by atoms with Gasteiger partial charge in [0.05, 0.1) is 5.69 Å². The van der Waals surface area contributed by atoms with Crippen LogP contribution >= 0.6 is 0 Å². The molecule has 0 spiro atoms. The Hall–Kier alpha value is -7.24. The molecule has 1 aliphatic carbocycles. The minimum Gasteiger partial charge on any atom is -0.450 e. The molecule has 0 saturated heterocycles. The Bertz CT molecular complexity index is 3380. The lowest BCUT2D eigenvalue weighted by molar-refractivity contribution is 0.360. The molecule has 0 atom stereocenters. The molecule has 13 rings (SSSR count). The Kier molecular flexibility index (Phi) is 7.12. The van der Waals surface area contributed by atoms with Crippen molar-refractivity contribution in [2.75, 3.05) is 4.90 Å². The molecule has 8 aromatic carbocycles. The zero-order valence-electron chi connectivity index (χ0n) is 35.5. The average Bonchev–Trinajstić information content (AvgIpc) is 3.77. The van der Waals surface area contributed by atoms with Gasteiger partial charge >= 0.3 is 6.85 Å². The monoisotopic (exact) mass is 798 g/mol. The van der Waals surface area contributed by atoms with Crippen molar-refractivity contribution >= 4 is 45.7 Å². The van der Waals surface area contributed by atoms with E-state index < -0.39 is 0 Å². The molecule has 3 aliphatic heterocycles. The Morgan fingerprint density at radius 1 is 0.500 bits per heavy atom. The Labute approximate surface area is 362 Å². The normalized spacial score (nSPS) is 14.5. The number of para-hydroxylation sites is 3. The second-order valence-electron chi connectivity index (χ2n) is 18.9.